The first-order chi connectivity index (χ1) is 11.1. The number of hydrogen-bond acceptors (Lipinski definition) is 5. The predicted molar refractivity (Wildman–Crippen MR) is 90.5 cm³/mol. The molecule has 2 unspecified atom stereocenters. The highest BCUT2D eigenvalue weighted by Gasteiger charge is 2.25. The summed E-state index contributed by atoms with van der Waals surface area (Å²) in [6, 6.07) is 8.43. The molecule has 0 fully saturated rings. The SMILES string of the molecule is Cc1nnc(SC(C)C(=O)NC2CCCc3ccccc32)n1N. The molecule has 1 aromatic heterocycles. The number of nitrogens with zero attached hydrogens (tertiary/aromatic N) is 3. The van der Waals surface area contributed by atoms with Crippen LogP contribution in [0.2, 0.25) is 0 Å². The van der Waals surface area contributed by atoms with Gasteiger partial charge in [-0.3, -0.25) is 4.79 Å². The normalized spacial score (nSPS) is 18.3. The van der Waals surface area contributed by atoms with Crippen LogP contribution in [0.3, 0.4) is 0 Å². The number of benzene rings is 1. The largest absolute Gasteiger partial charge is 0.348 e. The second kappa shape index (κ2) is 6.62. The number of nitrogens with two attached hydrogens (primary N) is 1. The zero-order chi connectivity index (χ0) is 16.4. The summed E-state index contributed by atoms with van der Waals surface area (Å²) >= 11 is 1.32. The van der Waals surface area contributed by atoms with Crippen molar-refractivity contribution in [3.63, 3.8) is 0 Å². The molecular formula is C16H21N5OS. The molecule has 2 atom stereocenters. The van der Waals surface area contributed by atoms with Crippen molar-refractivity contribution in [1.29, 1.82) is 0 Å². The molecule has 1 aliphatic carbocycles. The van der Waals surface area contributed by atoms with Gasteiger partial charge in [-0.15, -0.1) is 10.2 Å². The third-order valence-electron chi connectivity index (χ3n) is 4.17. The lowest BCUT2D eigenvalue weighted by atomic mass is 9.88. The molecule has 3 N–H and O–H groups in total. The second-order valence-corrected chi connectivity index (χ2v) is 7.12. The van der Waals surface area contributed by atoms with Gasteiger partial charge in [-0.1, -0.05) is 36.0 Å². The van der Waals surface area contributed by atoms with E-state index in [0.29, 0.717) is 11.0 Å². The fourth-order valence-corrected chi connectivity index (χ4v) is 3.66. The molecule has 3 rings (SSSR count). The van der Waals surface area contributed by atoms with E-state index in [1.807, 2.05) is 13.0 Å². The lowest BCUT2D eigenvalue weighted by Crippen LogP contribution is -2.36. The molecule has 0 saturated carbocycles. The molecule has 0 radical (unpaired) electrons. The minimum Gasteiger partial charge on any atom is -0.348 e. The van der Waals surface area contributed by atoms with Crippen molar-refractivity contribution in [3.8, 4) is 0 Å². The van der Waals surface area contributed by atoms with Gasteiger partial charge in [-0.2, -0.15) is 0 Å². The molecule has 2 aromatic rings. The van der Waals surface area contributed by atoms with E-state index in [1.165, 1.54) is 27.6 Å². The molecule has 1 aromatic carbocycles. The molecule has 7 heteroatoms. The molecular weight excluding hydrogens is 310 g/mol. The van der Waals surface area contributed by atoms with E-state index < -0.39 is 0 Å². The summed E-state index contributed by atoms with van der Waals surface area (Å²) in [5.41, 5.74) is 2.57. The Hall–Kier alpha value is -2.02. The number of nitrogens with one attached hydrogen (secondary N) is 1. The molecule has 1 amide bonds. The van der Waals surface area contributed by atoms with Crippen molar-refractivity contribution in [1.82, 2.24) is 20.2 Å². The Labute approximate surface area is 139 Å². The van der Waals surface area contributed by atoms with Crippen LogP contribution in [0.25, 0.3) is 0 Å². The maximum absolute atomic E-state index is 12.5. The molecule has 1 heterocycles. The van der Waals surface area contributed by atoms with E-state index in [2.05, 4.69) is 33.7 Å². The number of carbonyl (C=O) groups excluding carboxylic acids is 1. The minimum atomic E-state index is -0.282. The molecule has 6 nitrogen and oxygen atoms in total. The number of aryl methyl sites for hydroxylation is 2. The zero-order valence-electron chi connectivity index (χ0n) is 13.3. The van der Waals surface area contributed by atoms with Crippen molar-refractivity contribution in [2.75, 3.05) is 5.84 Å². The monoisotopic (exact) mass is 331 g/mol. The van der Waals surface area contributed by atoms with Gasteiger partial charge in [-0.25, -0.2) is 4.68 Å². The highest BCUT2D eigenvalue weighted by atomic mass is 32.2. The van der Waals surface area contributed by atoms with E-state index in [-0.39, 0.29) is 17.2 Å². The highest BCUT2D eigenvalue weighted by Crippen LogP contribution is 2.30. The van der Waals surface area contributed by atoms with Gasteiger partial charge >= 0.3 is 0 Å². The molecule has 122 valence electrons. The van der Waals surface area contributed by atoms with Crippen LogP contribution in [0.15, 0.2) is 29.4 Å². The first-order valence-corrected chi connectivity index (χ1v) is 8.66. The Kier molecular flexibility index (Phi) is 4.56. The number of amides is 1. The van der Waals surface area contributed by atoms with Gasteiger partial charge in [0.1, 0.15) is 5.82 Å². The number of rotatable bonds is 4. The van der Waals surface area contributed by atoms with Crippen LogP contribution in [0, 0.1) is 6.92 Å². The number of hydrogen-bond donors (Lipinski definition) is 2. The number of carbonyl (C=O) groups is 1. The molecule has 0 spiro atoms. The van der Waals surface area contributed by atoms with E-state index in [0.717, 1.165) is 19.3 Å². The van der Waals surface area contributed by atoms with Gasteiger partial charge in [-0.05, 0) is 44.2 Å². The average molecular weight is 331 g/mol. The first kappa shape index (κ1) is 15.9. The summed E-state index contributed by atoms with van der Waals surface area (Å²) in [4.78, 5) is 12.5. The Balaban J connectivity index is 1.66. The molecule has 0 aliphatic heterocycles. The maximum atomic E-state index is 12.5. The summed E-state index contributed by atoms with van der Waals surface area (Å²) in [5.74, 6) is 6.46. The van der Waals surface area contributed by atoms with Gasteiger partial charge in [0.25, 0.3) is 0 Å². The Morgan fingerprint density at radius 2 is 2.22 bits per heavy atom. The van der Waals surface area contributed by atoms with Crippen LogP contribution in [0.4, 0.5) is 0 Å². The van der Waals surface area contributed by atoms with E-state index in [4.69, 9.17) is 5.84 Å². The minimum absolute atomic E-state index is 0.00245. The summed E-state index contributed by atoms with van der Waals surface area (Å²) in [5, 5.41) is 11.3. The fourth-order valence-electron chi connectivity index (χ4n) is 2.83. The third kappa shape index (κ3) is 3.34. The van der Waals surface area contributed by atoms with Gasteiger partial charge in [0.15, 0.2) is 0 Å². The standard InChI is InChI=1S/C16H21N5OS/c1-10(23-16-20-19-11(2)21(16)17)15(22)18-14-9-5-7-12-6-3-4-8-13(12)14/h3-4,6,8,10,14H,5,7,9,17H2,1-2H3,(H,18,22). The summed E-state index contributed by atoms with van der Waals surface area (Å²) < 4.78 is 1.41. The van der Waals surface area contributed by atoms with E-state index >= 15 is 0 Å². The van der Waals surface area contributed by atoms with Gasteiger partial charge < -0.3 is 11.2 Å². The van der Waals surface area contributed by atoms with E-state index in [9.17, 15) is 4.79 Å². The van der Waals surface area contributed by atoms with Crippen LogP contribution in [0.1, 0.15) is 42.8 Å². The number of thioether (sulfide) groups is 1. The molecule has 0 bridgehead atoms. The fraction of sp³-hybridized carbons (Fsp3) is 0.438. The lowest BCUT2D eigenvalue weighted by Gasteiger charge is -2.27. The van der Waals surface area contributed by atoms with E-state index in [1.54, 1.807) is 6.92 Å². The van der Waals surface area contributed by atoms with Crippen LogP contribution >= 0.6 is 11.8 Å². The summed E-state index contributed by atoms with van der Waals surface area (Å²) in [7, 11) is 0. The molecule has 0 saturated heterocycles. The number of aromatic nitrogens is 3. The zero-order valence-corrected chi connectivity index (χ0v) is 14.1. The first-order valence-electron chi connectivity index (χ1n) is 7.78. The van der Waals surface area contributed by atoms with Crippen molar-refractivity contribution >= 4 is 17.7 Å². The number of fused-ring (bicyclic) bond motifs is 1. The predicted octanol–water partition coefficient (Wildman–Crippen LogP) is 1.97. The Bertz CT molecular complexity index is 714. The summed E-state index contributed by atoms with van der Waals surface area (Å²) in [6.45, 7) is 3.64. The topological polar surface area (TPSA) is 85.8 Å². The van der Waals surface area contributed by atoms with Crippen molar-refractivity contribution < 1.29 is 4.79 Å². The van der Waals surface area contributed by atoms with Crippen LogP contribution < -0.4 is 11.2 Å². The third-order valence-corrected chi connectivity index (χ3v) is 5.23. The van der Waals surface area contributed by atoms with Crippen LogP contribution in [-0.2, 0) is 11.2 Å². The van der Waals surface area contributed by atoms with Crippen molar-refractivity contribution in [3.05, 3.63) is 41.2 Å². The Morgan fingerprint density at radius 1 is 1.43 bits per heavy atom. The van der Waals surface area contributed by atoms with Gasteiger partial charge in [0, 0.05) is 0 Å². The maximum Gasteiger partial charge on any atom is 0.233 e. The van der Waals surface area contributed by atoms with Gasteiger partial charge in [0.05, 0.1) is 11.3 Å². The summed E-state index contributed by atoms with van der Waals surface area (Å²) in [6.07, 6.45) is 3.16. The average Bonchev–Trinajstić information content (AvgIpc) is 2.87. The van der Waals surface area contributed by atoms with Gasteiger partial charge in [0.2, 0.25) is 11.1 Å². The van der Waals surface area contributed by atoms with Crippen molar-refractivity contribution in [2.24, 2.45) is 0 Å². The second-order valence-electron chi connectivity index (χ2n) is 5.81. The van der Waals surface area contributed by atoms with Crippen LogP contribution in [-0.4, -0.2) is 26.0 Å². The quantitative estimate of drug-likeness (QED) is 0.661. The van der Waals surface area contributed by atoms with Crippen molar-refractivity contribution in [2.45, 2.75) is 49.6 Å². The molecule has 23 heavy (non-hydrogen) atoms. The molecule has 1 aliphatic rings. The van der Waals surface area contributed by atoms with Crippen LogP contribution in [0.5, 0.6) is 0 Å². The highest BCUT2D eigenvalue weighted by molar-refractivity contribution is 8.00. The number of nitrogen functional groups attached to an aromatic ring is 1. The lowest BCUT2D eigenvalue weighted by molar-refractivity contribution is -0.121. The Morgan fingerprint density at radius 3 is 2.96 bits per heavy atom. The smallest absolute Gasteiger partial charge is 0.233 e.